The fraction of sp³-hybridized carbons (Fsp3) is 0.444. The van der Waals surface area contributed by atoms with Gasteiger partial charge in [0.1, 0.15) is 18.1 Å². The fourth-order valence-corrected chi connectivity index (χ4v) is 11.9. The van der Waals surface area contributed by atoms with E-state index in [-0.39, 0.29) is 23.6 Å². The summed E-state index contributed by atoms with van der Waals surface area (Å²) in [6, 6.07) is 37.4. The van der Waals surface area contributed by atoms with Crippen LogP contribution in [0, 0.1) is 5.82 Å². The van der Waals surface area contributed by atoms with Gasteiger partial charge in [0.05, 0.1) is 47.0 Å². The highest BCUT2D eigenvalue weighted by Crippen LogP contribution is 2.36. The van der Waals surface area contributed by atoms with Crippen molar-refractivity contribution in [3.63, 3.8) is 0 Å². The van der Waals surface area contributed by atoms with Crippen LogP contribution < -0.4 is 4.74 Å². The summed E-state index contributed by atoms with van der Waals surface area (Å²) in [5.74, 6) is 3.36. The van der Waals surface area contributed by atoms with Crippen LogP contribution in [0.15, 0.2) is 152 Å². The molecule has 0 aliphatic heterocycles. The number of para-hydroxylation sites is 1. The van der Waals surface area contributed by atoms with Gasteiger partial charge in [0, 0.05) is 82.2 Å². The second-order valence-corrected chi connectivity index (χ2v) is 29.1. The molecule has 0 fully saturated rings. The lowest BCUT2D eigenvalue weighted by atomic mass is 9.97. The minimum Gasteiger partial charge on any atom is -0.497 e. The molecular formula is C81H106Cl3F7N10O. The summed E-state index contributed by atoms with van der Waals surface area (Å²) in [6.07, 6.45) is 0.646. The third-order valence-electron chi connectivity index (χ3n) is 16.3. The lowest BCUT2D eigenvalue weighted by molar-refractivity contribution is -0.143. The highest BCUT2D eigenvalue weighted by atomic mass is 35.5. The van der Waals surface area contributed by atoms with E-state index in [9.17, 15) is 30.7 Å². The quantitative estimate of drug-likeness (QED) is 0.113. The van der Waals surface area contributed by atoms with Crippen LogP contribution in [-0.4, -0.2) is 62.0 Å². The SMILES string of the molecule is CC(C)c1c(Cl)cnn1C(C)C.CC(C)c1cc(F)ccc1Cl.CC(C)c1cccc2c1ccn2C.CC(C)c1ccccc1C(F)(F)F.CC(C)c1ccnn1CC(F)(F)F.CC(C)c1cnc2c(cnn2C(C)C)c1.CC(C)c1nn(C)c2ccccc12.COc1ccc(Cl)c(C(C)C)c1. The maximum atomic E-state index is 12.6. The van der Waals surface area contributed by atoms with Gasteiger partial charge in [0.2, 0.25) is 0 Å². The molecule has 102 heavy (non-hydrogen) atoms. The molecule has 0 saturated heterocycles. The number of ether oxygens (including phenoxy) is 1. The largest absolute Gasteiger partial charge is 0.497 e. The molecule has 6 aromatic heterocycles. The molecule has 6 heterocycles. The monoisotopic (exact) mass is 1470 g/mol. The number of hydrogen-bond donors (Lipinski definition) is 0. The Balaban J connectivity index is 0.000000247. The third-order valence-corrected chi connectivity index (χ3v) is 17.3. The van der Waals surface area contributed by atoms with Gasteiger partial charge in [-0.15, -0.1) is 0 Å². The van der Waals surface area contributed by atoms with E-state index in [1.165, 1.54) is 69.1 Å². The van der Waals surface area contributed by atoms with E-state index in [0.717, 1.165) is 54.4 Å². The van der Waals surface area contributed by atoms with Crippen molar-refractivity contribution >= 4 is 67.6 Å². The Bertz CT molecular complexity index is 4310. The standard InChI is InChI=1S/C12H17N3.C12H15N.C11H14N2.C10H13ClO.C10H11F3.C9H10ClF.C9H15ClN2.C8H11F3N2/c1-8(2)10-5-11-7-14-15(9(3)4)12(11)13-6-10;1-9(2)10-5-4-6-12-11(10)7-8-13(12)3;1-8(2)11-9-6-4-5-7-10(9)13(3)12-11;1-7(2)9-6-8(12-3)4-5-10(9)11;1-7(2)8-5-3-4-6-9(8)10(11,12)13;1-6(2)8-5-7(11)3-4-9(8)10;1-6(2)9-8(10)5-11-12(9)7(3)4;1-6(2)7-3-4-12-13(7)5-8(9,10)11/h5-9H,1-4H3;4-9H,1-3H3;4-8H,1-3H3;4-7H,1-3H3;3-7H,1-2H3;3-6H,1-2H3;5-7H,1-4H3;3-4,6H,5H2,1-2H3. The topological polar surface area (TPSA) is 98.3 Å². The molecule has 21 heteroatoms. The molecule has 0 saturated carbocycles. The summed E-state index contributed by atoms with van der Waals surface area (Å²) < 4.78 is 100. The van der Waals surface area contributed by atoms with Crippen LogP contribution in [0.25, 0.3) is 32.8 Å². The molecule has 556 valence electrons. The predicted octanol–water partition coefficient (Wildman–Crippen LogP) is 25.8. The van der Waals surface area contributed by atoms with Crippen molar-refractivity contribution in [2.75, 3.05) is 7.11 Å². The van der Waals surface area contributed by atoms with Crippen molar-refractivity contribution in [2.45, 2.75) is 217 Å². The van der Waals surface area contributed by atoms with Gasteiger partial charge in [-0.25, -0.2) is 14.1 Å². The van der Waals surface area contributed by atoms with E-state index < -0.39 is 24.5 Å². The Morgan fingerprint density at radius 2 is 1.03 bits per heavy atom. The van der Waals surface area contributed by atoms with Gasteiger partial charge in [-0.2, -0.15) is 46.7 Å². The summed E-state index contributed by atoms with van der Waals surface area (Å²) in [5, 5.41) is 22.7. The van der Waals surface area contributed by atoms with Crippen molar-refractivity contribution in [3.05, 3.63) is 224 Å². The minimum atomic E-state index is -4.24. The number of fused-ring (bicyclic) bond motifs is 3. The van der Waals surface area contributed by atoms with Crippen LogP contribution in [0.4, 0.5) is 30.7 Å². The zero-order valence-electron chi connectivity index (χ0n) is 63.6. The number of halogens is 10. The Hall–Kier alpha value is -7.67. The Morgan fingerprint density at radius 1 is 0.480 bits per heavy atom. The second kappa shape index (κ2) is 39.8. The van der Waals surface area contributed by atoms with Crippen LogP contribution in [0.5, 0.6) is 5.75 Å². The maximum Gasteiger partial charge on any atom is 0.416 e. The molecule has 11 nitrogen and oxygen atoms in total. The first-order valence-electron chi connectivity index (χ1n) is 34.7. The number of benzene rings is 5. The molecule has 0 aliphatic carbocycles. The zero-order chi connectivity index (χ0) is 76.8. The number of rotatable bonds is 12. The molecule has 5 aromatic carbocycles. The van der Waals surface area contributed by atoms with Crippen molar-refractivity contribution in [1.29, 1.82) is 0 Å². The van der Waals surface area contributed by atoms with Crippen LogP contribution >= 0.6 is 34.8 Å². The molecule has 0 amide bonds. The highest BCUT2D eigenvalue weighted by Gasteiger charge is 2.33. The van der Waals surface area contributed by atoms with Crippen molar-refractivity contribution in [2.24, 2.45) is 14.1 Å². The molecular weight excluding hydrogens is 1370 g/mol. The molecule has 11 rings (SSSR count). The van der Waals surface area contributed by atoms with Gasteiger partial charge in [-0.3, -0.25) is 14.0 Å². The normalized spacial score (nSPS) is 11.5. The number of nitrogens with zero attached hydrogens (tertiary/aromatic N) is 10. The Labute approximate surface area is 615 Å². The molecule has 0 N–H and O–H groups in total. The Kier molecular flexibility index (Phi) is 33.9. The third kappa shape index (κ3) is 25.6. The molecule has 0 spiro atoms. The number of hydrogen-bond acceptors (Lipinski definition) is 6. The van der Waals surface area contributed by atoms with Crippen LogP contribution in [0.1, 0.15) is 248 Å². The van der Waals surface area contributed by atoms with Crippen molar-refractivity contribution in [1.82, 2.24) is 48.7 Å². The fourth-order valence-electron chi connectivity index (χ4n) is 10.9. The van der Waals surface area contributed by atoms with E-state index >= 15 is 0 Å². The summed E-state index contributed by atoms with van der Waals surface area (Å²) >= 11 is 17.8. The average molecular weight is 1480 g/mol. The first-order valence-corrected chi connectivity index (χ1v) is 35.8. The van der Waals surface area contributed by atoms with Gasteiger partial charge in [-0.05, 0) is 176 Å². The van der Waals surface area contributed by atoms with Gasteiger partial charge in [-0.1, -0.05) is 194 Å². The van der Waals surface area contributed by atoms with Crippen LogP contribution in [-0.2, 0) is 26.8 Å². The average Bonchev–Trinajstić information content (AvgIpc) is 1.63. The van der Waals surface area contributed by atoms with E-state index in [4.69, 9.17) is 39.5 Å². The second-order valence-electron chi connectivity index (χ2n) is 27.9. The number of methoxy groups -OCH3 is 1. The van der Waals surface area contributed by atoms with Crippen LogP contribution in [0.3, 0.4) is 0 Å². The first-order chi connectivity index (χ1) is 47.6. The van der Waals surface area contributed by atoms with E-state index in [0.29, 0.717) is 58.0 Å². The van der Waals surface area contributed by atoms with Crippen molar-refractivity contribution in [3.8, 4) is 5.75 Å². The number of alkyl halides is 6. The zero-order valence-corrected chi connectivity index (χ0v) is 65.8. The van der Waals surface area contributed by atoms with Gasteiger partial charge >= 0.3 is 12.4 Å². The van der Waals surface area contributed by atoms with E-state index in [1.807, 2.05) is 85.4 Å². The number of pyridine rings is 1. The maximum absolute atomic E-state index is 12.6. The van der Waals surface area contributed by atoms with Crippen molar-refractivity contribution < 1.29 is 35.5 Å². The summed E-state index contributed by atoms with van der Waals surface area (Å²) in [5.41, 5.74) is 11.0. The van der Waals surface area contributed by atoms with Crippen LogP contribution in [0.2, 0.25) is 15.1 Å². The lowest BCUT2D eigenvalue weighted by Crippen LogP contribution is -2.20. The molecule has 11 aromatic rings. The Morgan fingerprint density at radius 3 is 1.54 bits per heavy atom. The van der Waals surface area contributed by atoms with E-state index in [2.05, 4.69) is 189 Å². The lowest BCUT2D eigenvalue weighted by Gasteiger charge is -2.14. The minimum absolute atomic E-state index is 0.0600. The number of aryl methyl sites for hydroxylation is 2. The predicted molar refractivity (Wildman–Crippen MR) is 411 cm³/mol. The highest BCUT2D eigenvalue weighted by molar-refractivity contribution is 6.32. The van der Waals surface area contributed by atoms with E-state index in [1.54, 1.807) is 45.4 Å². The molecule has 0 bridgehead atoms. The van der Waals surface area contributed by atoms with Gasteiger partial charge < -0.3 is 9.30 Å². The first kappa shape index (κ1) is 86.7. The summed E-state index contributed by atoms with van der Waals surface area (Å²) in [6.45, 7) is 40.3. The molecule has 0 aliphatic rings. The molecule has 0 atom stereocenters. The molecule has 0 radical (unpaired) electrons. The smallest absolute Gasteiger partial charge is 0.416 e. The summed E-state index contributed by atoms with van der Waals surface area (Å²) in [4.78, 5) is 4.48. The molecule has 0 unspecified atom stereocenters. The van der Waals surface area contributed by atoms with Gasteiger partial charge in [0.25, 0.3) is 0 Å². The number of aromatic nitrogens is 10. The summed E-state index contributed by atoms with van der Waals surface area (Å²) in [7, 11) is 5.74. The van der Waals surface area contributed by atoms with Gasteiger partial charge in [0.15, 0.2) is 5.65 Å².